The van der Waals surface area contributed by atoms with Gasteiger partial charge in [0.15, 0.2) is 5.82 Å². The summed E-state index contributed by atoms with van der Waals surface area (Å²) in [5, 5.41) is 2.64. The number of rotatable bonds is 3. The van der Waals surface area contributed by atoms with Crippen molar-refractivity contribution in [2.75, 3.05) is 36.5 Å². The number of fused-ring (bicyclic) bond motifs is 1. The van der Waals surface area contributed by atoms with Crippen molar-refractivity contribution in [1.29, 1.82) is 0 Å². The molecule has 0 fully saturated rings. The van der Waals surface area contributed by atoms with E-state index in [0.717, 1.165) is 18.1 Å². The number of hydrogen-bond donors (Lipinski definition) is 1. The number of pyridine rings is 1. The van der Waals surface area contributed by atoms with E-state index in [1.807, 2.05) is 13.0 Å². The molecule has 7 heteroatoms. The highest BCUT2D eigenvalue weighted by molar-refractivity contribution is 5.97. The zero-order valence-electron chi connectivity index (χ0n) is 12.5. The van der Waals surface area contributed by atoms with E-state index in [9.17, 15) is 9.59 Å². The van der Waals surface area contributed by atoms with Crippen molar-refractivity contribution >= 4 is 23.5 Å². The van der Waals surface area contributed by atoms with Crippen LogP contribution < -0.4 is 15.1 Å². The van der Waals surface area contributed by atoms with Gasteiger partial charge >= 0.3 is 12.0 Å². The number of urea groups is 1. The number of nitrogens with zero attached hydrogens (tertiary/aromatic N) is 3. The molecule has 2 amide bonds. The summed E-state index contributed by atoms with van der Waals surface area (Å²) in [7, 11) is 1.30. The molecule has 114 valence electrons. The number of carbonyl (C=O) groups excluding carboxylic acids is 2. The van der Waals surface area contributed by atoms with E-state index in [1.54, 1.807) is 24.1 Å². The third-order valence-corrected chi connectivity index (χ3v) is 3.47. The van der Waals surface area contributed by atoms with Crippen LogP contribution in [0.1, 0.15) is 13.8 Å². The molecule has 0 radical (unpaired) electrons. The molecular weight excluding hydrogens is 272 g/mol. The Hall–Kier alpha value is -2.31. The lowest BCUT2D eigenvalue weighted by atomic mass is 10.2. The molecule has 2 rings (SSSR count). The molecule has 1 aromatic heterocycles. The first-order valence-electron chi connectivity index (χ1n) is 6.94. The average Bonchev–Trinajstić information content (AvgIpc) is 2.52. The lowest BCUT2D eigenvalue weighted by Gasteiger charge is -2.36. The summed E-state index contributed by atoms with van der Waals surface area (Å²) in [6.07, 6.45) is 1.71. The summed E-state index contributed by atoms with van der Waals surface area (Å²) >= 11 is 0. The van der Waals surface area contributed by atoms with Gasteiger partial charge < -0.3 is 15.0 Å². The summed E-state index contributed by atoms with van der Waals surface area (Å²) in [5.74, 6) is 0.314. The second-order valence-electron chi connectivity index (χ2n) is 4.77. The lowest BCUT2D eigenvalue weighted by molar-refractivity contribution is -0.142. The maximum absolute atomic E-state index is 12.3. The van der Waals surface area contributed by atoms with E-state index in [2.05, 4.69) is 19.9 Å². The van der Waals surface area contributed by atoms with Gasteiger partial charge in [0.05, 0.1) is 12.8 Å². The number of hydrogen-bond acceptors (Lipinski definition) is 5. The molecule has 0 bridgehead atoms. The summed E-state index contributed by atoms with van der Waals surface area (Å²) in [6.45, 7) is 5.73. The molecule has 0 aliphatic carbocycles. The fourth-order valence-electron chi connectivity index (χ4n) is 2.31. The van der Waals surface area contributed by atoms with Gasteiger partial charge in [-0.25, -0.2) is 14.6 Å². The van der Waals surface area contributed by atoms with E-state index in [1.165, 1.54) is 7.11 Å². The second kappa shape index (κ2) is 6.43. The van der Waals surface area contributed by atoms with Crippen LogP contribution in [-0.4, -0.2) is 49.8 Å². The molecule has 7 nitrogen and oxygen atoms in total. The van der Waals surface area contributed by atoms with Crippen molar-refractivity contribution < 1.29 is 14.3 Å². The van der Waals surface area contributed by atoms with Gasteiger partial charge in [0.2, 0.25) is 0 Å². The second-order valence-corrected chi connectivity index (χ2v) is 4.77. The van der Waals surface area contributed by atoms with Crippen LogP contribution >= 0.6 is 0 Å². The van der Waals surface area contributed by atoms with Gasteiger partial charge in [0.25, 0.3) is 0 Å². The van der Waals surface area contributed by atoms with Crippen molar-refractivity contribution in [1.82, 2.24) is 10.3 Å². The Kier molecular flexibility index (Phi) is 4.62. The van der Waals surface area contributed by atoms with Crippen molar-refractivity contribution in [3.8, 4) is 0 Å². The number of anilines is 2. The fraction of sp³-hybridized carbons (Fsp3) is 0.500. The Morgan fingerprint density at radius 3 is 2.90 bits per heavy atom. The summed E-state index contributed by atoms with van der Waals surface area (Å²) in [4.78, 5) is 31.8. The minimum atomic E-state index is -0.688. The van der Waals surface area contributed by atoms with Crippen molar-refractivity contribution in [2.24, 2.45) is 0 Å². The first kappa shape index (κ1) is 15.1. The third-order valence-electron chi connectivity index (χ3n) is 3.47. The molecule has 0 unspecified atom stereocenters. The number of carbonyl (C=O) groups is 2. The first-order valence-corrected chi connectivity index (χ1v) is 6.94. The molecule has 0 saturated carbocycles. The van der Waals surface area contributed by atoms with Gasteiger partial charge in [0.1, 0.15) is 6.04 Å². The van der Waals surface area contributed by atoms with Gasteiger partial charge in [-0.2, -0.15) is 0 Å². The van der Waals surface area contributed by atoms with Crippen LogP contribution in [0.15, 0.2) is 18.3 Å². The monoisotopic (exact) mass is 292 g/mol. The van der Waals surface area contributed by atoms with Crippen LogP contribution in [0.5, 0.6) is 0 Å². The number of methoxy groups -OCH3 is 1. The topological polar surface area (TPSA) is 74.8 Å². The Morgan fingerprint density at radius 2 is 2.24 bits per heavy atom. The number of nitrogens with one attached hydrogen (secondary N) is 1. The molecule has 0 saturated heterocycles. The average molecular weight is 292 g/mol. The summed E-state index contributed by atoms with van der Waals surface area (Å²) in [5.41, 5.74) is 0.750. The fourth-order valence-corrected chi connectivity index (χ4v) is 2.31. The maximum atomic E-state index is 12.3. The molecule has 2 heterocycles. The van der Waals surface area contributed by atoms with E-state index < -0.39 is 12.0 Å². The smallest absolute Gasteiger partial charge is 0.328 e. The number of ether oxygens (including phenoxy) is 1. The van der Waals surface area contributed by atoms with Crippen LogP contribution in [0.4, 0.5) is 16.3 Å². The Labute approximate surface area is 123 Å². The minimum Gasteiger partial charge on any atom is -0.467 e. The largest absolute Gasteiger partial charge is 0.467 e. The van der Waals surface area contributed by atoms with Gasteiger partial charge in [-0.05, 0) is 26.0 Å². The summed E-state index contributed by atoms with van der Waals surface area (Å²) in [6, 6.07) is 2.64. The third kappa shape index (κ3) is 3.07. The van der Waals surface area contributed by atoms with Crippen LogP contribution in [-0.2, 0) is 9.53 Å². The zero-order chi connectivity index (χ0) is 15.4. The normalized spacial score (nSPS) is 15.2. The number of amides is 2. The van der Waals surface area contributed by atoms with E-state index in [-0.39, 0.29) is 6.03 Å². The highest BCUT2D eigenvalue weighted by Crippen LogP contribution is 2.30. The Morgan fingerprint density at radius 1 is 1.48 bits per heavy atom. The summed E-state index contributed by atoms with van der Waals surface area (Å²) < 4.78 is 4.61. The SMILES string of the molecule is CCN1CCN(C(=O)N[C@H](C)C(=O)OC)c2cccnc21. The highest BCUT2D eigenvalue weighted by atomic mass is 16.5. The van der Waals surface area contributed by atoms with Crippen molar-refractivity contribution in [2.45, 2.75) is 19.9 Å². The molecule has 1 aliphatic rings. The quantitative estimate of drug-likeness (QED) is 0.841. The van der Waals surface area contributed by atoms with Crippen LogP contribution in [0.3, 0.4) is 0 Å². The molecule has 1 aliphatic heterocycles. The van der Waals surface area contributed by atoms with Crippen LogP contribution in [0.2, 0.25) is 0 Å². The molecule has 0 aromatic carbocycles. The molecular formula is C14H20N4O3. The van der Waals surface area contributed by atoms with Crippen molar-refractivity contribution in [3.05, 3.63) is 18.3 Å². The molecule has 1 atom stereocenters. The van der Waals surface area contributed by atoms with Crippen LogP contribution in [0, 0.1) is 0 Å². The Bertz CT molecular complexity index is 535. The predicted octanol–water partition coefficient (Wildman–Crippen LogP) is 0.999. The standard InChI is InChI=1S/C14H20N4O3/c1-4-17-8-9-18(11-6-5-7-15-12(11)17)14(20)16-10(2)13(19)21-3/h5-7,10H,4,8-9H2,1-3H3,(H,16,20)/t10-/m1/s1. The minimum absolute atomic E-state index is 0.321. The van der Waals surface area contributed by atoms with E-state index in [4.69, 9.17) is 0 Å². The van der Waals surface area contributed by atoms with Crippen molar-refractivity contribution in [3.63, 3.8) is 0 Å². The first-order chi connectivity index (χ1) is 10.1. The highest BCUT2D eigenvalue weighted by Gasteiger charge is 2.28. The lowest BCUT2D eigenvalue weighted by Crippen LogP contribution is -2.51. The van der Waals surface area contributed by atoms with Gasteiger partial charge in [-0.15, -0.1) is 0 Å². The van der Waals surface area contributed by atoms with E-state index >= 15 is 0 Å². The zero-order valence-corrected chi connectivity index (χ0v) is 12.5. The number of likely N-dealkylation sites (N-methyl/N-ethyl adjacent to an activating group) is 1. The molecule has 0 spiro atoms. The van der Waals surface area contributed by atoms with E-state index in [0.29, 0.717) is 13.1 Å². The van der Waals surface area contributed by atoms with Crippen LogP contribution in [0.25, 0.3) is 0 Å². The number of aromatic nitrogens is 1. The maximum Gasteiger partial charge on any atom is 0.328 e. The Balaban J connectivity index is 2.17. The molecule has 1 N–H and O–H groups in total. The molecule has 21 heavy (non-hydrogen) atoms. The molecule has 1 aromatic rings. The predicted molar refractivity (Wildman–Crippen MR) is 79.5 cm³/mol. The van der Waals surface area contributed by atoms with Gasteiger partial charge in [-0.1, -0.05) is 0 Å². The van der Waals surface area contributed by atoms with Gasteiger partial charge in [0, 0.05) is 25.8 Å². The van der Waals surface area contributed by atoms with Gasteiger partial charge in [-0.3, -0.25) is 4.90 Å². The number of esters is 1.